The van der Waals surface area contributed by atoms with Gasteiger partial charge in [-0.3, -0.25) is 9.59 Å². The van der Waals surface area contributed by atoms with Gasteiger partial charge in [-0.15, -0.1) is 11.8 Å². The SMILES string of the molecule is Cc1cc(F)ccc1NC(=O)CSCC(=O)N1CCCCC1. The van der Waals surface area contributed by atoms with Gasteiger partial charge in [0.1, 0.15) is 5.82 Å². The first kappa shape index (κ1) is 16.8. The monoisotopic (exact) mass is 324 g/mol. The van der Waals surface area contributed by atoms with Crippen LogP contribution in [-0.2, 0) is 9.59 Å². The van der Waals surface area contributed by atoms with E-state index in [9.17, 15) is 14.0 Å². The number of carbonyl (C=O) groups is 2. The molecule has 0 saturated carbocycles. The summed E-state index contributed by atoms with van der Waals surface area (Å²) in [6, 6.07) is 4.24. The number of rotatable bonds is 5. The second kappa shape index (κ2) is 8.17. The molecule has 1 heterocycles. The van der Waals surface area contributed by atoms with Crippen molar-refractivity contribution in [3.05, 3.63) is 29.6 Å². The molecule has 0 aliphatic carbocycles. The summed E-state index contributed by atoms with van der Waals surface area (Å²) in [5.41, 5.74) is 1.29. The van der Waals surface area contributed by atoms with Gasteiger partial charge in [0.2, 0.25) is 11.8 Å². The van der Waals surface area contributed by atoms with Gasteiger partial charge in [0.05, 0.1) is 11.5 Å². The van der Waals surface area contributed by atoms with Crippen LogP contribution in [0, 0.1) is 12.7 Å². The van der Waals surface area contributed by atoms with Crippen molar-refractivity contribution in [3.8, 4) is 0 Å². The number of halogens is 1. The minimum Gasteiger partial charge on any atom is -0.342 e. The number of likely N-dealkylation sites (tertiary alicyclic amines) is 1. The molecule has 0 aromatic heterocycles. The smallest absolute Gasteiger partial charge is 0.234 e. The number of hydrogen-bond acceptors (Lipinski definition) is 3. The summed E-state index contributed by atoms with van der Waals surface area (Å²) in [6.07, 6.45) is 3.33. The molecule has 0 radical (unpaired) electrons. The maximum atomic E-state index is 13.0. The van der Waals surface area contributed by atoms with Gasteiger partial charge in [0.25, 0.3) is 0 Å². The average molecular weight is 324 g/mol. The zero-order valence-electron chi connectivity index (χ0n) is 12.7. The Labute approximate surface area is 134 Å². The number of piperidine rings is 1. The average Bonchev–Trinajstić information content (AvgIpc) is 2.51. The van der Waals surface area contributed by atoms with Crippen LogP contribution in [0.15, 0.2) is 18.2 Å². The molecule has 0 unspecified atom stereocenters. The van der Waals surface area contributed by atoms with Crippen molar-refractivity contribution in [2.45, 2.75) is 26.2 Å². The Kier molecular flexibility index (Phi) is 6.24. The Morgan fingerprint density at radius 2 is 1.95 bits per heavy atom. The zero-order valence-corrected chi connectivity index (χ0v) is 13.5. The third-order valence-electron chi connectivity index (χ3n) is 3.63. The minimum atomic E-state index is -0.322. The fourth-order valence-corrected chi connectivity index (χ4v) is 3.14. The van der Waals surface area contributed by atoms with Crippen LogP contribution in [0.4, 0.5) is 10.1 Å². The topological polar surface area (TPSA) is 49.4 Å². The van der Waals surface area contributed by atoms with Crippen LogP contribution in [-0.4, -0.2) is 41.3 Å². The Hall–Kier alpha value is -1.56. The molecule has 1 aromatic rings. The molecule has 120 valence electrons. The lowest BCUT2D eigenvalue weighted by Gasteiger charge is -2.26. The van der Waals surface area contributed by atoms with Gasteiger partial charge in [-0.2, -0.15) is 0 Å². The second-order valence-corrected chi connectivity index (χ2v) is 6.43. The van der Waals surface area contributed by atoms with E-state index >= 15 is 0 Å². The molecule has 1 aliphatic heterocycles. The van der Waals surface area contributed by atoms with E-state index in [4.69, 9.17) is 0 Å². The molecular formula is C16H21FN2O2S. The van der Waals surface area contributed by atoms with Gasteiger partial charge in [0.15, 0.2) is 0 Å². The highest BCUT2D eigenvalue weighted by Crippen LogP contribution is 2.16. The quantitative estimate of drug-likeness (QED) is 0.906. The number of nitrogens with zero attached hydrogens (tertiary/aromatic N) is 1. The fraction of sp³-hybridized carbons (Fsp3) is 0.500. The standard InChI is InChI=1S/C16H21FN2O2S/c1-12-9-13(17)5-6-14(12)18-15(20)10-22-11-16(21)19-7-3-2-4-8-19/h5-6,9H,2-4,7-8,10-11H2,1H3,(H,18,20). The number of benzene rings is 1. The van der Waals surface area contributed by atoms with Crippen LogP contribution in [0.3, 0.4) is 0 Å². The van der Waals surface area contributed by atoms with Crippen LogP contribution in [0.1, 0.15) is 24.8 Å². The van der Waals surface area contributed by atoms with Crippen LogP contribution < -0.4 is 5.32 Å². The fourth-order valence-electron chi connectivity index (χ4n) is 2.42. The van der Waals surface area contributed by atoms with E-state index in [0.717, 1.165) is 25.9 Å². The summed E-state index contributed by atoms with van der Waals surface area (Å²) in [6.45, 7) is 3.41. The number of amides is 2. The first-order chi connectivity index (χ1) is 10.6. The van der Waals surface area contributed by atoms with Crippen molar-refractivity contribution in [2.75, 3.05) is 29.9 Å². The summed E-state index contributed by atoms with van der Waals surface area (Å²) >= 11 is 1.31. The van der Waals surface area contributed by atoms with Gasteiger partial charge < -0.3 is 10.2 Å². The van der Waals surface area contributed by atoms with Crippen molar-refractivity contribution in [1.29, 1.82) is 0 Å². The summed E-state index contributed by atoms with van der Waals surface area (Å²) in [7, 11) is 0. The molecule has 22 heavy (non-hydrogen) atoms. The van der Waals surface area contributed by atoms with Crippen molar-refractivity contribution >= 4 is 29.3 Å². The lowest BCUT2D eigenvalue weighted by molar-refractivity contribution is -0.129. The molecule has 1 fully saturated rings. The Bertz CT molecular complexity index is 545. The highest BCUT2D eigenvalue weighted by Gasteiger charge is 2.16. The molecule has 1 saturated heterocycles. The third kappa shape index (κ3) is 5.02. The predicted octanol–water partition coefficient (Wildman–Crippen LogP) is 2.82. The minimum absolute atomic E-state index is 0.107. The molecule has 6 heteroatoms. The number of aryl methyl sites for hydroxylation is 1. The molecule has 1 N–H and O–H groups in total. The van der Waals surface area contributed by atoms with Gasteiger partial charge in [-0.05, 0) is 49.9 Å². The second-order valence-electron chi connectivity index (χ2n) is 5.44. The molecule has 2 rings (SSSR count). The van der Waals surface area contributed by atoms with Crippen LogP contribution in [0.5, 0.6) is 0 Å². The van der Waals surface area contributed by atoms with Crippen molar-refractivity contribution in [3.63, 3.8) is 0 Å². The van der Waals surface area contributed by atoms with Gasteiger partial charge in [-0.1, -0.05) is 0 Å². The molecule has 0 spiro atoms. The van der Waals surface area contributed by atoms with Crippen LogP contribution in [0.25, 0.3) is 0 Å². The first-order valence-corrected chi connectivity index (χ1v) is 8.63. The van der Waals surface area contributed by atoms with Crippen molar-refractivity contribution in [2.24, 2.45) is 0 Å². The van der Waals surface area contributed by atoms with Crippen molar-refractivity contribution in [1.82, 2.24) is 4.90 Å². The van der Waals surface area contributed by atoms with E-state index in [1.54, 1.807) is 13.0 Å². The maximum absolute atomic E-state index is 13.0. The highest BCUT2D eigenvalue weighted by atomic mass is 32.2. The van der Waals surface area contributed by atoms with Gasteiger partial charge in [0, 0.05) is 18.8 Å². The van der Waals surface area contributed by atoms with Gasteiger partial charge >= 0.3 is 0 Å². The van der Waals surface area contributed by atoms with Crippen LogP contribution >= 0.6 is 11.8 Å². The molecular weight excluding hydrogens is 303 g/mol. The van der Waals surface area contributed by atoms with Crippen LogP contribution in [0.2, 0.25) is 0 Å². The number of hydrogen-bond donors (Lipinski definition) is 1. The largest absolute Gasteiger partial charge is 0.342 e. The number of nitrogens with one attached hydrogen (secondary N) is 1. The lowest BCUT2D eigenvalue weighted by Crippen LogP contribution is -2.37. The number of thioether (sulfide) groups is 1. The number of carbonyl (C=O) groups excluding carboxylic acids is 2. The molecule has 2 amide bonds. The maximum Gasteiger partial charge on any atom is 0.234 e. The van der Waals surface area contributed by atoms with E-state index in [-0.39, 0.29) is 23.4 Å². The first-order valence-electron chi connectivity index (χ1n) is 7.48. The summed E-state index contributed by atoms with van der Waals surface area (Å²) in [5.74, 6) is 0.158. The van der Waals surface area contributed by atoms with E-state index < -0.39 is 0 Å². The summed E-state index contributed by atoms with van der Waals surface area (Å²) < 4.78 is 13.0. The molecule has 1 aliphatic rings. The number of anilines is 1. The molecule has 4 nitrogen and oxygen atoms in total. The third-order valence-corrected chi connectivity index (χ3v) is 4.55. The Balaban J connectivity index is 1.72. The highest BCUT2D eigenvalue weighted by molar-refractivity contribution is 8.00. The van der Waals surface area contributed by atoms with Gasteiger partial charge in [-0.25, -0.2) is 4.39 Å². The van der Waals surface area contributed by atoms with E-state index in [0.29, 0.717) is 17.0 Å². The molecule has 1 aromatic carbocycles. The van der Waals surface area contributed by atoms with E-state index in [1.165, 1.54) is 30.3 Å². The summed E-state index contributed by atoms with van der Waals surface area (Å²) in [5, 5.41) is 2.74. The summed E-state index contributed by atoms with van der Waals surface area (Å²) in [4.78, 5) is 25.7. The predicted molar refractivity (Wildman–Crippen MR) is 87.5 cm³/mol. The molecule has 0 atom stereocenters. The normalized spacial score (nSPS) is 14.7. The van der Waals surface area contributed by atoms with E-state index in [2.05, 4.69) is 5.32 Å². The van der Waals surface area contributed by atoms with E-state index in [1.807, 2.05) is 4.90 Å². The van der Waals surface area contributed by atoms with Crippen molar-refractivity contribution < 1.29 is 14.0 Å². The lowest BCUT2D eigenvalue weighted by atomic mass is 10.1. The Morgan fingerprint density at radius 1 is 1.23 bits per heavy atom. The zero-order chi connectivity index (χ0) is 15.9. The molecule has 0 bridgehead atoms. The Morgan fingerprint density at radius 3 is 2.64 bits per heavy atom.